The second-order valence-electron chi connectivity index (χ2n) is 6.97. The SMILES string of the molecule is O=c1cc(Cn2c(C3CCC3)nc3cccnc32)c2ccc(F)c(F)c2[nH]1. The molecule has 136 valence electrons. The van der Waals surface area contributed by atoms with Crippen LogP contribution < -0.4 is 5.56 Å². The molecule has 4 aromatic rings. The molecule has 5 nitrogen and oxygen atoms in total. The number of nitrogens with zero attached hydrogens (tertiary/aromatic N) is 3. The average molecular weight is 366 g/mol. The topological polar surface area (TPSA) is 63.6 Å². The maximum absolute atomic E-state index is 14.2. The molecule has 0 radical (unpaired) electrons. The summed E-state index contributed by atoms with van der Waals surface area (Å²) >= 11 is 0. The molecule has 1 aliphatic carbocycles. The van der Waals surface area contributed by atoms with Gasteiger partial charge in [-0.25, -0.2) is 18.7 Å². The molecular weight excluding hydrogens is 350 g/mol. The number of benzene rings is 1. The summed E-state index contributed by atoms with van der Waals surface area (Å²) in [5, 5.41) is 0.478. The number of hydrogen-bond donors (Lipinski definition) is 1. The monoisotopic (exact) mass is 366 g/mol. The number of imidazole rings is 1. The zero-order chi connectivity index (χ0) is 18.5. The van der Waals surface area contributed by atoms with E-state index in [1.165, 1.54) is 18.6 Å². The van der Waals surface area contributed by atoms with E-state index in [0.29, 0.717) is 23.4 Å². The molecule has 0 saturated heterocycles. The van der Waals surface area contributed by atoms with Gasteiger partial charge in [0, 0.05) is 23.6 Å². The molecule has 3 heterocycles. The lowest BCUT2D eigenvalue weighted by Gasteiger charge is -2.25. The lowest BCUT2D eigenvalue weighted by atomic mass is 9.85. The Morgan fingerprint density at radius 2 is 2.07 bits per heavy atom. The van der Waals surface area contributed by atoms with Gasteiger partial charge in [-0.3, -0.25) is 4.79 Å². The molecule has 0 spiro atoms. The summed E-state index contributed by atoms with van der Waals surface area (Å²) in [7, 11) is 0. The molecule has 0 unspecified atom stereocenters. The predicted molar refractivity (Wildman–Crippen MR) is 97.7 cm³/mol. The second kappa shape index (κ2) is 5.97. The minimum Gasteiger partial charge on any atom is -0.319 e. The summed E-state index contributed by atoms with van der Waals surface area (Å²) in [6.07, 6.45) is 5.01. The molecule has 7 heteroatoms. The Kier molecular flexibility index (Phi) is 3.56. The van der Waals surface area contributed by atoms with Gasteiger partial charge in [0.25, 0.3) is 0 Å². The van der Waals surface area contributed by atoms with Crippen LogP contribution in [-0.2, 0) is 6.54 Å². The number of fused-ring (bicyclic) bond motifs is 2. The van der Waals surface area contributed by atoms with Gasteiger partial charge in [-0.1, -0.05) is 6.42 Å². The van der Waals surface area contributed by atoms with Crippen molar-refractivity contribution in [2.75, 3.05) is 0 Å². The third-order valence-corrected chi connectivity index (χ3v) is 5.33. The molecule has 0 amide bonds. The zero-order valence-corrected chi connectivity index (χ0v) is 14.4. The summed E-state index contributed by atoms with van der Waals surface area (Å²) < 4.78 is 29.8. The molecular formula is C20H16F2N4O. The number of pyridine rings is 2. The molecule has 1 aliphatic rings. The minimum absolute atomic E-state index is 0.111. The smallest absolute Gasteiger partial charge is 0.248 e. The number of nitrogens with one attached hydrogen (secondary N) is 1. The van der Waals surface area contributed by atoms with Gasteiger partial charge in [0.2, 0.25) is 5.56 Å². The quantitative estimate of drug-likeness (QED) is 0.599. The molecule has 1 aromatic carbocycles. The van der Waals surface area contributed by atoms with E-state index >= 15 is 0 Å². The highest BCUT2D eigenvalue weighted by Gasteiger charge is 2.26. The summed E-state index contributed by atoms with van der Waals surface area (Å²) in [6.45, 7) is 0.324. The van der Waals surface area contributed by atoms with Crippen LogP contribution in [0.5, 0.6) is 0 Å². The first-order valence-electron chi connectivity index (χ1n) is 8.93. The fourth-order valence-corrected chi connectivity index (χ4v) is 3.75. The molecule has 27 heavy (non-hydrogen) atoms. The Morgan fingerprint density at radius 3 is 2.85 bits per heavy atom. The van der Waals surface area contributed by atoms with Crippen LogP contribution in [0.25, 0.3) is 22.1 Å². The van der Waals surface area contributed by atoms with Crippen molar-refractivity contribution >= 4 is 22.1 Å². The van der Waals surface area contributed by atoms with Crippen molar-refractivity contribution in [3.05, 3.63) is 69.9 Å². The van der Waals surface area contributed by atoms with E-state index in [-0.39, 0.29) is 5.52 Å². The van der Waals surface area contributed by atoms with Crippen LogP contribution in [0.15, 0.2) is 41.3 Å². The van der Waals surface area contributed by atoms with Gasteiger partial charge in [0.1, 0.15) is 11.3 Å². The lowest BCUT2D eigenvalue weighted by Crippen LogP contribution is -2.17. The van der Waals surface area contributed by atoms with E-state index in [9.17, 15) is 13.6 Å². The average Bonchev–Trinajstić information content (AvgIpc) is 2.95. The number of hydrogen-bond acceptors (Lipinski definition) is 3. The molecule has 0 bridgehead atoms. The van der Waals surface area contributed by atoms with Gasteiger partial charge in [-0.15, -0.1) is 0 Å². The van der Waals surface area contributed by atoms with Crippen molar-refractivity contribution < 1.29 is 8.78 Å². The highest BCUT2D eigenvalue weighted by Crippen LogP contribution is 2.37. The standard InChI is InChI=1S/C20H16F2N4O/c21-14-7-6-13-12(9-16(27)25-18(13)17(14)22)10-26-19(11-3-1-4-11)24-15-5-2-8-23-20(15)26/h2,5-9,11H,1,3-4,10H2,(H,25,27). The maximum atomic E-state index is 14.2. The molecule has 1 fully saturated rings. The highest BCUT2D eigenvalue weighted by atomic mass is 19.2. The number of aromatic amines is 1. The molecule has 1 N–H and O–H groups in total. The lowest BCUT2D eigenvalue weighted by molar-refractivity contribution is 0.391. The van der Waals surface area contributed by atoms with Crippen molar-refractivity contribution in [2.45, 2.75) is 31.7 Å². The van der Waals surface area contributed by atoms with Crippen molar-refractivity contribution in [3.8, 4) is 0 Å². The Morgan fingerprint density at radius 1 is 1.22 bits per heavy atom. The van der Waals surface area contributed by atoms with Gasteiger partial charge in [0.15, 0.2) is 17.3 Å². The van der Waals surface area contributed by atoms with Crippen LogP contribution in [0.2, 0.25) is 0 Å². The molecule has 3 aromatic heterocycles. The molecule has 0 atom stereocenters. The summed E-state index contributed by atoms with van der Waals surface area (Å²) in [5.74, 6) is -0.730. The van der Waals surface area contributed by atoms with E-state index in [2.05, 4.69) is 9.97 Å². The third kappa shape index (κ3) is 2.53. The maximum Gasteiger partial charge on any atom is 0.248 e. The molecule has 1 saturated carbocycles. The number of rotatable bonds is 3. The molecule has 0 aliphatic heterocycles. The van der Waals surface area contributed by atoms with Crippen LogP contribution in [0.1, 0.15) is 36.6 Å². The van der Waals surface area contributed by atoms with Crippen molar-refractivity contribution in [1.82, 2.24) is 19.5 Å². The second-order valence-corrected chi connectivity index (χ2v) is 6.97. The van der Waals surface area contributed by atoms with E-state index < -0.39 is 17.2 Å². The van der Waals surface area contributed by atoms with Gasteiger partial charge < -0.3 is 9.55 Å². The highest BCUT2D eigenvalue weighted by molar-refractivity contribution is 5.83. The molecule has 5 rings (SSSR count). The third-order valence-electron chi connectivity index (χ3n) is 5.33. The van der Waals surface area contributed by atoms with Crippen LogP contribution in [-0.4, -0.2) is 19.5 Å². The van der Waals surface area contributed by atoms with Gasteiger partial charge in [-0.2, -0.15) is 0 Å². The van der Waals surface area contributed by atoms with E-state index in [1.807, 2.05) is 16.7 Å². The van der Waals surface area contributed by atoms with E-state index in [4.69, 9.17) is 4.98 Å². The zero-order valence-electron chi connectivity index (χ0n) is 14.4. The van der Waals surface area contributed by atoms with Crippen LogP contribution in [0.3, 0.4) is 0 Å². The first-order chi connectivity index (χ1) is 13.1. The first-order valence-corrected chi connectivity index (χ1v) is 8.93. The Labute approximate surface area is 152 Å². The minimum atomic E-state index is -1.04. The van der Waals surface area contributed by atoms with Crippen molar-refractivity contribution in [2.24, 2.45) is 0 Å². The summed E-state index contributed by atoms with van der Waals surface area (Å²) in [5.41, 5.74) is 1.56. The fourth-order valence-electron chi connectivity index (χ4n) is 3.75. The van der Waals surface area contributed by atoms with E-state index in [0.717, 1.165) is 35.9 Å². The normalized spacial score (nSPS) is 14.7. The van der Waals surface area contributed by atoms with Gasteiger partial charge >= 0.3 is 0 Å². The van der Waals surface area contributed by atoms with Crippen LogP contribution in [0, 0.1) is 11.6 Å². The largest absolute Gasteiger partial charge is 0.319 e. The number of H-pyrrole nitrogens is 1. The van der Waals surface area contributed by atoms with Crippen molar-refractivity contribution in [3.63, 3.8) is 0 Å². The Balaban J connectivity index is 1.72. The Bertz CT molecular complexity index is 1240. The summed E-state index contributed by atoms with van der Waals surface area (Å²) in [6, 6.07) is 7.75. The van der Waals surface area contributed by atoms with Gasteiger partial charge in [-0.05, 0) is 42.7 Å². The fraction of sp³-hybridized carbons (Fsp3) is 0.250. The van der Waals surface area contributed by atoms with Gasteiger partial charge in [0.05, 0.1) is 12.1 Å². The van der Waals surface area contributed by atoms with E-state index in [1.54, 1.807) is 6.20 Å². The number of halogens is 2. The van der Waals surface area contributed by atoms with Crippen molar-refractivity contribution in [1.29, 1.82) is 0 Å². The Hall–Kier alpha value is -3.09. The predicted octanol–water partition coefficient (Wildman–Crippen LogP) is 3.87. The first kappa shape index (κ1) is 16.1. The number of aromatic nitrogens is 4. The van der Waals surface area contributed by atoms with Crippen LogP contribution in [0.4, 0.5) is 8.78 Å². The summed E-state index contributed by atoms with van der Waals surface area (Å²) in [4.78, 5) is 23.7. The van der Waals surface area contributed by atoms with Crippen LogP contribution >= 0.6 is 0 Å².